The Morgan fingerprint density at radius 2 is 1.08 bits per heavy atom. The molecule has 0 spiro atoms. The molecule has 1 aliphatic rings. The normalized spacial score (nSPS) is 13.1. The Morgan fingerprint density at radius 3 is 1.53 bits per heavy atom. The summed E-state index contributed by atoms with van der Waals surface area (Å²) in [6.45, 7) is 1.95. The zero-order chi connectivity index (χ0) is 26.1. The van der Waals surface area contributed by atoms with Crippen LogP contribution in [0.3, 0.4) is 0 Å². The molecule has 0 atom stereocenters. The van der Waals surface area contributed by atoms with E-state index >= 15 is 0 Å². The number of hydrogen-bond acceptors (Lipinski definition) is 4. The number of rotatable bonds is 7. The van der Waals surface area contributed by atoms with E-state index in [-0.39, 0.29) is 6.61 Å². The van der Waals surface area contributed by atoms with Gasteiger partial charge >= 0.3 is 0 Å². The van der Waals surface area contributed by atoms with Crippen LogP contribution in [0, 0.1) is 6.92 Å². The van der Waals surface area contributed by atoms with E-state index in [1.807, 2.05) is 67.8 Å². The molecule has 0 saturated heterocycles. The first kappa shape index (κ1) is 23.6. The SMILES string of the molecule is Cc1c(CON2C(=O)c3ccccc3C2=O)ncn1C(c1ccccc1)(c1ccccc1)c1ccccc1. The van der Waals surface area contributed by atoms with Gasteiger partial charge in [0.15, 0.2) is 0 Å². The minimum Gasteiger partial charge on any atom is -0.316 e. The summed E-state index contributed by atoms with van der Waals surface area (Å²) in [6, 6.07) is 37.7. The van der Waals surface area contributed by atoms with Gasteiger partial charge in [-0.3, -0.25) is 14.4 Å². The van der Waals surface area contributed by atoms with Crippen LogP contribution >= 0.6 is 0 Å². The molecule has 2 heterocycles. The highest BCUT2D eigenvalue weighted by Gasteiger charge is 2.40. The van der Waals surface area contributed by atoms with Crippen LogP contribution in [-0.4, -0.2) is 26.4 Å². The van der Waals surface area contributed by atoms with Gasteiger partial charge in [0.2, 0.25) is 0 Å². The Bertz CT molecular complexity index is 1480. The molecule has 2 amide bonds. The van der Waals surface area contributed by atoms with Gasteiger partial charge in [-0.1, -0.05) is 103 Å². The molecule has 6 rings (SSSR count). The van der Waals surface area contributed by atoms with E-state index in [9.17, 15) is 9.59 Å². The largest absolute Gasteiger partial charge is 0.316 e. The van der Waals surface area contributed by atoms with Crippen LogP contribution in [0.1, 0.15) is 48.8 Å². The second-order valence-electron chi connectivity index (χ2n) is 9.18. The summed E-state index contributed by atoms with van der Waals surface area (Å²) in [5.74, 6) is -0.926. The maximum atomic E-state index is 12.8. The van der Waals surface area contributed by atoms with Crippen LogP contribution in [0.5, 0.6) is 0 Å². The van der Waals surface area contributed by atoms with Gasteiger partial charge in [0.05, 0.1) is 23.1 Å². The lowest BCUT2D eigenvalue weighted by Crippen LogP contribution is -2.38. The maximum Gasteiger partial charge on any atom is 0.285 e. The van der Waals surface area contributed by atoms with Gasteiger partial charge in [-0.05, 0) is 35.7 Å². The van der Waals surface area contributed by atoms with Gasteiger partial charge in [-0.15, -0.1) is 5.06 Å². The van der Waals surface area contributed by atoms with Crippen molar-refractivity contribution in [2.75, 3.05) is 0 Å². The first-order valence-electron chi connectivity index (χ1n) is 12.4. The third-order valence-corrected chi connectivity index (χ3v) is 7.13. The Hall–Kier alpha value is -4.81. The fourth-order valence-corrected chi connectivity index (χ4v) is 5.29. The number of amides is 2. The Balaban J connectivity index is 1.44. The monoisotopic (exact) mass is 499 g/mol. The van der Waals surface area contributed by atoms with Crippen molar-refractivity contribution in [1.29, 1.82) is 0 Å². The van der Waals surface area contributed by atoms with E-state index in [4.69, 9.17) is 9.82 Å². The lowest BCUT2D eigenvalue weighted by Gasteiger charge is -2.38. The minimum atomic E-state index is -0.714. The van der Waals surface area contributed by atoms with E-state index in [1.54, 1.807) is 24.3 Å². The number of hydroxylamine groups is 2. The number of benzene rings is 4. The summed E-state index contributed by atoms with van der Waals surface area (Å²) < 4.78 is 2.15. The third-order valence-electron chi connectivity index (χ3n) is 7.13. The van der Waals surface area contributed by atoms with Crippen LogP contribution in [0.2, 0.25) is 0 Å². The highest BCUT2D eigenvalue weighted by Crippen LogP contribution is 2.42. The van der Waals surface area contributed by atoms with E-state index in [1.165, 1.54) is 0 Å². The predicted octanol–water partition coefficient (Wildman–Crippen LogP) is 5.76. The van der Waals surface area contributed by atoms with E-state index in [0.717, 1.165) is 27.4 Å². The number of imidazole rings is 1. The molecule has 38 heavy (non-hydrogen) atoms. The topological polar surface area (TPSA) is 64.4 Å². The van der Waals surface area contributed by atoms with Crippen molar-refractivity contribution in [3.63, 3.8) is 0 Å². The lowest BCUT2D eigenvalue weighted by atomic mass is 9.76. The first-order valence-corrected chi connectivity index (χ1v) is 12.4. The molecule has 186 valence electrons. The summed E-state index contributed by atoms with van der Waals surface area (Å²) in [7, 11) is 0. The molecule has 0 radical (unpaired) electrons. The Labute approximate surface area is 220 Å². The Morgan fingerprint density at radius 1 is 0.658 bits per heavy atom. The fraction of sp³-hybridized carbons (Fsp3) is 0.0938. The molecule has 0 fully saturated rings. The highest BCUT2D eigenvalue weighted by molar-refractivity contribution is 6.20. The van der Waals surface area contributed by atoms with Gasteiger partial charge in [0.25, 0.3) is 11.8 Å². The molecule has 1 aromatic heterocycles. The summed E-state index contributed by atoms with van der Waals surface area (Å²) in [5.41, 5.74) is 4.69. The van der Waals surface area contributed by atoms with Crippen LogP contribution in [0.25, 0.3) is 0 Å². The van der Waals surface area contributed by atoms with Crippen molar-refractivity contribution < 1.29 is 14.4 Å². The van der Waals surface area contributed by atoms with Crippen LogP contribution in [0.4, 0.5) is 0 Å². The number of carbonyl (C=O) groups is 2. The predicted molar refractivity (Wildman–Crippen MR) is 143 cm³/mol. The molecular formula is C32H25N3O3. The summed E-state index contributed by atoms with van der Waals surface area (Å²) in [6.07, 6.45) is 1.81. The zero-order valence-corrected chi connectivity index (χ0v) is 20.8. The van der Waals surface area contributed by atoms with Crippen molar-refractivity contribution in [1.82, 2.24) is 14.6 Å². The molecule has 0 unspecified atom stereocenters. The maximum absolute atomic E-state index is 12.8. The van der Waals surface area contributed by atoms with Crippen LogP contribution < -0.4 is 0 Å². The smallest absolute Gasteiger partial charge is 0.285 e. The number of nitrogens with zero attached hydrogens (tertiary/aromatic N) is 3. The van der Waals surface area contributed by atoms with Gasteiger partial charge in [-0.2, -0.15) is 0 Å². The Kier molecular flexibility index (Phi) is 5.94. The molecule has 0 N–H and O–H groups in total. The molecule has 0 aliphatic carbocycles. The van der Waals surface area contributed by atoms with Gasteiger partial charge < -0.3 is 4.57 Å². The molecule has 5 aromatic rings. The molecule has 4 aromatic carbocycles. The fourth-order valence-electron chi connectivity index (χ4n) is 5.29. The summed E-state index contributed by atoms with van der Waals surface area (Å²) in [4.78, 5) is 36.1. The van der Waals surface area contributed by atoms with Crippen molar-refractivity contribution in [2.24, 2.45) is 0 Å². The van der Waals surface area contributed by atoms with Crippen molar-refractivity contribution >= 4 is 11.8 Å². The highest BCUT2D eigenvalue weighted by atomic mass is 16.7. The molecule has 6 nitrogen and oxygen atoms in total. The van der Waals surface area contributed by atoms with Crippen molar-refractivity contribution in [3.8, 4) is 0 Å². The van der Waals surface area contributed by atoms with Crippen molar-refractivity contribution in [2.45, 2.75) is 19.1 Å². The quantitative estimate of drug-likeness (QED) is 0.211. The van der Waals surface area contributed by atoms with Crippen LogP contribution in [-0.2, 0) is 17.0 Å². The second-order valence-corrected chi connectivity index (χ2v) is 9.18. The molecule has 1 aliphatic heterocycles. The van der Waals surface area contributed by atoms with E-state index < -0.39 is 17.4 Å². The van der Waals surface area contributed by atoms with Gasteiger partial charge in [-0.25, -0.2) is 4.98 Å². The number of fused-ring (bicyclic) bond motifs is 1. The first-order chi connectivity index (χ1) is 18.6. The summed E-state index contributed by atoms with van der Waals surface area (Å²) >= 11 is 0. The number of imide groups is 1. The number of carbonyl (C=O) groups excluding carboxylic acids is 2. The summed E-state index contributed by atoms with van der Waals surface area (Å²) in [5, 5.41) is 0.835. The van der Waals surface area contributed by atoms with Gasteiger partial charge in [0.1, 0.15) is 12.1 Å². The zero-order valence-electron chi connectivity index (χ0n) is 20.8. The lowest BCUT2D eigenvalue weighted by molar-refractivity contribution is -0.102. The van der Waals surface area contributed by atoms with Gasteiger partial charge in [0, 0.05) is 5.69 Å². The number of hydrogen-bond donors (Lipinski definition) is 0. The van der Waals surface area contributed by atoms with Crippen molar-refractivity contribution in [3.05, 3.63) is 161 Å². The van der Waals surface area contributed by atoms with Crippen LogP contribution in [0.15, 0.2) is 122 Å². The average molecular weight is 500 g/mol. The standard InChI is InChI=1S/C32H25N3O3/c1-23-29(21-38-35-30(36)27-19-11-12-20-28(27)31(35)37)33-22-34(23)32(24-13-5-2-6-14-24,25-15-7-3-8-16-25)26-17-9-4-10-18-26/h2-20,22H,21H2,1H3. The van der Waals surface area contributed by atoms with E-state index in [2.05, 4.69) is 41.0 Å². The molecular weight excluding hydrogens is 474 g/mol. The number of aromatic nitrogens is 2. The average Bonchev–Trinajstić information content (AvgIpc) is 3.46. The van der Waals surface area contributed by atoms with E-state index in [0.29, 0.717) is 16.8 Å². The minimum absolute atomic E-state index is 0.0290. The molecule has 0 saturated carbocycles. The third kappa shape index (κ3) is 3.66. The molecule has 6 heteroatoms. The second kappa shape index (κ2) is 9.57. The molecule has 0 bridgehead atoms.